The molecule has 3 rings (SSSR count). The molecule has 1 aliphatic heterocycles. The molecule has 4 N–H and O–H groups in total. The first-order chi connectivity index (χ1) is 16.8. The van der Waals surface area contributed by atoms with Crippen LogP contribution >= 0.6 is 0 Å². The van der Waals surface area contributed by atoms with E-state index in [9.17, 15) is 19.5 Å². The van der Waals surface area contributed by atoms with Crippen LogP contribution in [0.3, 0.4) is 0 Å². The molecular weight excluding hydrogens is 456 g/mol. The van der Waals surface area contributed by atoms with Gasteiger partial charge in [0.05, 0.1) is 31.5 Å². The van der Waals surface area contributed by atoms with E-state index in [4.69, 9.17) is 14.2 Å². The van der Waals surface area contributed by atoms with Crippen molar-refractivity contribution < 1.29 is 33.7 Å². The van der Waals surface area contributed by atoms with Crippen molar-refractivity contribution >= 4 is 24.1 Å². The van der Waals surface area contributed by atoms with Gasteiger partial charge in [0.15, 0.2) is 18.1 Å². The molecule has 11 nitrogen and oxygen atoms in total. The van der Waals surface area contributed by atoms with E-state index in [1.54, 1.807) is 44.2 Å². The summed E-state index contributed by atoms with van der Waals surface area (Å²) in [6.07, 6.45) is 1.39. The summed E-state index contributed by atoms with van der Waals surface area (Å²) in [6.45, 7) is 3.16. The van der Waals surface area contributed by atoms with Crippen molar-refractivity contribution in [3.63, 3.8) is 0 Å². The summed E-state index contributed by atoms with van der Waals surface area (Å²) in [4.78, 5) is 36.6. The quantitative estimate of drug-likeness (QED) is 0.243. The first-order valence-electron chi connectivity index (χ1n) is 10.7. The van der Waals surface area contributed by atoms with E-state index in [0.717, 1.165) is 0 Å². The third-order valence-corrected chi connectivity index (χ3v) is 4.92. The first kappa shape index (κ1) is 25.1. The largest absolute Gasteiger partial charge is 0.508 e. The van der Waals surface area contributed by atoms with E-state index in [0.29, 0.717) is 22.6 Å². The molecule has 1 aliphatic rings. The van der Waals surface area contributed by atoms with Gasteiger partial charge in [-0.25, -0.2) is 15.0 Å². The molecule has 1 heterocycles. The number of methoxy groups -OCH3 is 1. The molecule has 1 atom stereocenters. The van der Waals surface area contributed by atoms with E-state index < -0.39 is 23.9 Å². The van der Waals surface area contributed by atoms with Crippen molar-refractivity contribution in [1.29, 1.82) is 0 Å². The zero-order valence-electron chi connectivity index (χ0n) is 19.5. The summed E-state index contributed by atoms with van der Waals surface area (Å²) in [5, 5.41) is 18.6. The first-order valence-corrected chi connectivity index (χ1v) is 10.7. The molecule has 2 aromatic carbocycles. The van der Waals surface area contributed by atoms with Crippen molar-refractivity contribution in [3.8, 4) is 17.2 Å². The second kappa shape index (κ2) is 11.5. The molecule has 0 bridgehead atoms. The Morgan fingerprint density at radius 1 is 1.20 bits per heavy atom. The van der Waals surface area contributed by atoms with Crippen LogP contribution < -0.4 is 25.5 Å². The third-order valence-electron chi connectivity index (χ3n) is 4.92. The van der Waals surface area contributed by atoms with Gasteiger partial charge in [0.1, 0.15) is 5.75 Å². The molecule has 0 unspecified atom stereocenters. The topological polar surface area (TPSA) is 148 Å². The highest BCUT2D eigenvalue weighted by Gasteiger charge is 2.32. The number of amides is 3. The SMILES string of the molecule is CCOC(=O)C1=C(C)NC(=O)N[C@H]1c1ccc(OCC(=O)N/N=C\c2cccc(O)c2)c(OC)c1. The van der Waals surface area contributed by atoms with Gasteiger partial charge in [0.25, 0.3) is 5.91 Å². The Morgan fingerprint density at radius 3 is 2.71 bits per heavy atom. The monoisotopic (exact) mass is 482 g/mol. The molecule has 0 spiro atoms. The number of benzene rings is 2. The number of esters is 1. The number of phenols is 1. The van der Waals surface area contributed by atoms with E-state index in [2.05, 4.69) is 21.2 Å². The number of hydrogen-bond donors (Lipinski definition) is 4. The lowest BCUT2D eigenvalue weighted by Gasteiger charge is -2.28. The van der Waals surface area contributed by atoms with E-state index >= 15 is 0 Å². The van der Waals surface area contributed by atoms with Crippen LogP contribution in [-0.4, -0.2) is 49.6 Å². The van der Waals surface area contributed by atoms with Crippen LogP contribution in [0.4, 0.5) is 4.79 Å². The maximum absolute atomic E-state index is 12.5. The molecule has 0 saturated heterocycles. The smallest absolute Gasteiger partial charge is 0.338 e. The van der Waals surface area contributed by atoms with E-state index in [-0.39, 0.29) is 30.3 Å². The number of urea groups is 1. The number of carbonyl (C=O) groups is 3. The molecular formula is C24H26N4O7. The van der Waals surface area contributed by atoms with Crippen molar-refractivity contribution in [2.75, 3.05) is 20.3 Å². The lowest BCUT2D eigenvalue weighted by atomic mass is 9.95. The standard InChI is InChI=1S/C24H26N4O7/c1-4-34-23(31)21-14(2)26-24(32)27-22(21)16-8-9-18(19(11-16)33-3)35-13-20(30)28-25-12-15-6-5-7-17(29)10-15/h5-12,22,29H,4,13H2,1-3H3,(H,28,30)(H2,26,27,32)/b25-12-/t22-/m0/s1. The molecule has 184 valence electrons. The Balaban J connectivity index is 1.69. The van der Waals surface area contributed by atoms with E-state index in [1.165, 1.54) is 25.5 Å². The molecule has 35 heavy (non-hydrogen) atoms. The fraction of sp³-hybridized carbons (Fsp3) is 0.250. The highest BCUT2D eigenvalue weighted by atomic mass is 16.5. The normalized spacial score (nSPS) is 15.3. The zero-order chi connectivity index (χ0) is 25.4. The number of rotatable bonds is 9. The molecule has 0 radical (unpaired) electrons. The highest BCUT2D eigenvalue weighted by molar-refractivity contribution is 5.95. The number of phenolic OH excluding ortho intramolecular Hbond substituents is 1. The number of nitrogens with zero attached hydrogens (tertiary/aromatic N) is 1. The van der Waals surface area contributed by atoms with Crippen molar-refractivity contribution in [1.82, 2.24) is 16.1 Å². The predicted octanol–water partition coefficient (Wildman–Crippen LogP) is 2.12. The zero-order valence-corrected chi connectivity index (χ0v) is 19.5. The van der Waals surface area contributed by atoms with E-state index in [1.807, 2.05) is 0 Å². The number of carbonyl (C=O) groups excluding carboxylic acids is 3. The fourth-order valence-electron chi connectivity index (χ4n) is 3.37. The Hall–Kier alpha value is -4.54. The molecule has 0 saturated carbocycles. The Labute approximate surface area is 201 Å². The average Bonchev–Trinajstić information content (AvgIpc) is 2.82. The van der Waals surface area contributed by atoms with Crippen molar-refractivity contribution in [2.45, 2.75) is 19.9 Å². The van der Waals surface area contributed by atoms with Crippen LogP contribution in [0.2, 0.25) is 0 Å². The van der Waals surface area contributed by atoms with Gasteiger partial charge in [-0.3, -0.25) is 4.79 Å². The number of nitrogens with one attached hydrogen (secondary N) is 3. The second-order valence-electron chi connectivity index (χ2n) is 7.38. The summed E-state index contributed by atoms with van der Waals surface area (Å²) in [5.74, 6) is -0.400. The number of allylic oxidation sites excluding steroid dienone is 1. The van der Waals surface area contributed by atoms with Crippen molar-refractivity contribution in [2.24, 2.45) is 5.10 Å². The molecule has 0 aromatic heterocycles. The maximum Gasteiger partial charge on any atom is 0.338 e. The number of ether oxygens (including phenoxy) is 3. The average molecular weight is 482 g/mol. The second-order valence-corrected chi connectivity index (χ2v) is 7.38. The molecule has 0 aliphatic carbocycles. The minimum Gasteiger partial charge on any atom is -0.508 e. The Kier molecular flexibility index (Phi) is 8.28. The molecule has 11 heteroatoms. The Morgan fingerprint density at radius 2 is 2.00 bits per heavy atom. The van der Waals surface area contributed by atoms with Crippen LogP contribution in [0.25, 0.3) is 0 Å². The summed E-state index contributed by atoms with van der Waals surface area (Å²) in [6, 6.07) is 10.00. The third kappa shape index (κ3) is 6.50. The van der Waals surface area contributed by atoms with Gasteiger partial charge in [-0.05, 0) is 49.2 Å². The van der Waals surface area contributed by atoms with Crippen LogP contribution in [0.5, 0.6) is 17.2 Å². The van der Waals surface area contributed by atoms with Crippen LogP contribution in [0, 0.1) is 0 Å². The minimum absolute atomic E-state index is 0.0863. The lowest BCUT2D eigenvalue weighted by Crippen LogP contribution is -2.45. The highest BCUT2D eigenvalue weighted by Crippen LogP contribution is 2.34. The molecule has 3 amide bonds. The molecule has 0 fully saturated rings. The van der Waals surface area contributed by atoms with Gasteiger partial charge in [-0.15, -0.1) is 0 Å². The van der Waals surface area contributed by atoms with Gasteiger partial charge >= 0.3 is 12.0 Å². The van der Waals surface area contributed by atoms with Crippen LogP contribution in [-0.2, 0) is 14.3 Å². The number of aromatic hydroxyl groups is 1. The van der Waals surface area contributed by atoms with Crippen LogP contribution in [0.1, 0.15) is 31.0 Å². The van der Waals surface area contributed by atoms with Gasteiger partial charge in [-0.1, -0.05) is 18.2 Å². The number of hydrazone groups is 1. The van der Waals surface area contributed by atoms with Crippen LogP contribution in [0.15, 0.2) is 58.8 Å². The summed E-state index contributed by atoms with van der Waals surface area (Å²) >= 11 is 0. The maximum atomic E-state index is 12.5. The summed E-state index contributed by atoms with van der Waals surface area (Å²) in [7, 11) is 1.43. The van der Waals surface area contributed by atoms with Gasteiger partial charge in [0, 0.05) is 5.70 Å². The molecule has 2 aromatic rings. The summed E-state index contributed by atoms with van der Waals surface area (Å²) in [5.41, 5.74) is 4.16. The van der Waals surface area contributed by atoms with Gasteiger partial charge < -0.3 is 30.0 Å². The number of hydrogen-bond acceptors (Lipinski definition) is 8. The fourth-order valence-corrected chi connectivity index (χ4v) is 3.37. The Bertz CT molecular complexity index is 1180. The lowest BCUT2D eigenvalue weighted by molar-refractivity contribution is -0.139. The van der Waals surface area contributed by atoms with Gasteiger partial charge in [0.2, 0.25) is 0 Å². The van der Waals surface area contributed by atoms with Gasteiger partial charge in [-0.2, -0.15) is 5.10 Å². The predicted molar refractivity (Wildman–Crippen MR) is 126 cm³/mol. The van der Waals surface area contributed by atoms with Crippen molar-refractivity contribution in [3.05, 3.63) is 64.9 Å². The summed E-state index contributed by atoms with van der Waals surface area (Å²) < 4.78 is 16.1. The minimum atomic E-state index is -0.763.